The minimum absolute atomic E-state index is 0.438. The predicted molar refractivity (Wildman–Crippen MR) is 42.4 cm³/mol. The molecule has 0 aromatic heterocycles. The maximum atomic E-state index is 10.4. The molecule has 0 heterocycles. The smallest absolute Gasteiger partial charge is 0.312 e. The molecule has 0 fully saturated rings. The Morgan fingerprint density at radius 3 is 2.64 bits per heavy atom. The second-order valence-electron chi connectivity index (χ2n) is 2.06. The lowest BCUT2D eigenvalue weighted by Crippen LogP contribution is -2.28. The number of rotatable bonds is 4. The third-order valence-electron chi connectivity index (χ3n) is 1.30. The first kappa shape index (κ1) is 9.71. The maximum Gasteiger partial charge on any atom is 0.312 e. The molecule has 0 saturated carbocycles. The van der Waals surface area contributed by atoms with E-state index in [4.69, 9.17) is 10.9 Å². The molecule has 1 atom stereocenters. The number of hydrogen-bond donors (Lipinski definition) is 3. The number of nitrogens with two attached hydrogens (primary N) is 1. The highest BCUT2D eigenvalue weighted by Crippen LogP contribution is 2.05. The molecule has 1 unspecified atom stereocenters. The average Bonchev–Trinajstić information content (AvgIpc) is 1.98. The molecule has 62 valence electrons. The third kappa shape index (κ3) is 2.86. The summed E-state index contributed by atoms with van der Waals surface area (Å²) >= 11 is 0. The Morgan fingerprint density at radius 2 is 2.36 bits per heavy atom. The molecule has 4 heteroatoms. The van der Waals surface area contributed by atoms with Crippen molar-refractivity contribution in [2.45, 2.75) is 6.92 Å². The summed E-state index contributed by atoms with van der Waals surface area (Å²) in [6, 6.07) is 0. The van der Waals surface area contributed by atoms with Crippen LogP contribution in [0.5, 0.6) is 0 Å². The van der Waals surface area contributed by atoms with Gasteiger partial charge < -0.3 is 10.5 Å². The lowest BCUT2D eigenvalue weighted by Gasteiger charge is -2.09. The molecule has 0 bridgehead atoms. The van der Waals surface area contributed by atoms with Crippen molar-refractivity contribution < 1.29 is 9.90 Å². The van der Waals surface area contributed by atoms with Crippen molar-refractivity contribution in [1.82, 2.24) is 5.43 Å². The largest absolute Gasteiger partial charge is 0.481 e. The van der Waals surface area contributed by atoms with Crippen LogP contribution in [0, 0.1) is 5.92 Å². The highest BCUT2D eigenvalue weighted by atomic mass is 16.4. The Labute approximate surface area is 65.4 Å². The topological polar surface area (TPSA) is 75.3 Å². The van der Waals surface area contributed by atoms with Crippen LogP contribution in [0.15, 0.2) is 24.4 Å². The van der Waals surface area contributed by atoms with Crippen LogP contribution < -0.4 is 11.3 Å². The molecule has 0 aliphatic carbocycles. The molecule has 0 saturated heterocycles. The Kier molecular flexibility index (Phi) is 3.98. The fourth-order valence-electron chi connectivity index (χ4n) is 0.577. The summed E-state index contributed by atoms with van der Waals surface area (Å²) in [5.74, 6) is 3.52. The summed E-state index contributed by atoms with van der Waals surface area (Å²) in [6.07, 6.45) is 3.01. The summed E-state index contributed by atoms with van der Waals surface area (Å²) in [5, 5.41) is 8.54. The van der Waals surface area contributed by atoms with E-state index in [-0.39, 0.29) is 0 Å². The number of allylic oxidation sites excluding steroid dienone is 2. The average molecular weight is 156 g/mol. The quantitative estimate of drug-likeness (QED) is 0.309. The van der Waals surface area contributed by atoms with Crippen LogP contribution in [-0.2, 0) is 4.79 Å². The van der Waals surface area contributed by atoms with E-state index in [2.05, 4.69) is 12.0 Å². The summed E-state index contributed by atoms with van der Waals surface area (Å²) in [4.78, 5) is 10.4. The fourth-order valence-corrected chi connectivity index (χ4v) is 0.577. The highest BCUT2D eigenvalue weighted by Gasteiger charge is 2.14. The SMILES string of the molecule is C=C/C=C(\NN)C(C)C(=O)O. The van der Waals surface area contributed by atoms with E-state index in [1.165, 1.54) is 19.1 Å². The third-order valence-corrected chi connectivity index (χ3v) is 1.30. The molecule has 4 nitrogen and oxygen atoms in total. The fraction of sp³-hybridized carbons (Fsp3) is 0.286. The second kappa shape index (κ2) is 4.51. The zero-order chi connectivity index (χ0) is 8.85. The molecule has 0 spiro atoms. The van der Waals surface area contributed by atoms with Crippen molar-refractivity contribution in [2.24, 2.45) is 11.8 Å². The Balaban J connectivity index is 4.37. The molecular weight excluding hydrogens is 144 g/mol. The molecule has 0 aliphatic rings. The summed E-state index contributed by atoms with van der Waals surface area (Å²) in [5.41, 5.74) is 2.73. The van der Waals surface area contributed by atoms with Crippen LogP contribution in [0.4, 0.5) is 0 Å². The summed E-state index contributed by atoms with van der Waals surface area (Å²) in [6.45, 7) is 4.96. The van der Waals surface area contributed by atoms with Crippen LogP contribution in [0.3, 0.4) is 0 Å². The van der Waals surface area contributed by atoms with E-state index in [1.54, 1.807) is 0 Å². The zero-order valence-electron chi connectivity index (χ0n) is 6.37. The van der Waals surface area contributed by atoms with Crippen LogP contribution >= 0.6 is 0 Å². The highest BCUT2D eigenvalue weighted by molar-refractivity contribution is 5.72. The molecule has 0 aliphatic heterocycles. The summed E-state index contributed by atoms with van der Waals surface area (Å²) < 4.78 is 0. The van der Waals surface area contributed by atoms with Crippen molar-refractivity contribution in [3.05, 3.63) is 24.4 Å². The van der Waals surface area contributed by atoms with Gasteiger partial charge in [-0.1, -0.05) is 12.7 Å². The molecule has 0 aromatic rings. The van der Waals surface area contributed by atoms with Gasteiger partial charge in [0.1, 0.15) is 0 Å². The van der Waals surface area contributed by atoms with E-state index < -0.39 is 11.9 Å². The first-order chi connectivity index (χ1) is 5.13. The van der Waals surface area contributed by atoms with Crippen molar-refractivity contribution in [3.63, 3.8) is 0 Å². The second-order valence-corrected chi connectivity index (χ2v) is 2.06. The maximum absolute atomic E-state index is 10.4. The first-order valence-electron chi connectivity index (χ1n) is 3.15. The van der Waals surface area contributed by atoms with Crippen molar-refractivity contribution in [3.8, 4) is 0 Å². The van der Waals surface area contributed by atoms with E-state index in [0.717, 1.165) is 0 Å². The Bertz CT molecular complexity index is 187. The van der Waals surface area contributed by atoms with Gasteiger partial charge in [0.15, 0.2) is 0 Å². The van der Waals surface area contributed by atoms with Gasteiger partial charge in [-0.3, -0.25) is 10.6 Å². The number of nitrogens with one attached hydrogen (secondary N) is 1. The monoisotopic (exact) mass is 156 g/mol. The van der Waals surface area contributed by atoms with E-state index in [1.807, 2.05) is 0 Å². The molecule has 4 N–H and O–H groups in total. The number of aliphatic carboxylic acids is 1. The Hall–Kier alpha value is -1.29. The molecule has 0 radical (unpaired) electrons. The number of carbonyl (C=O) groups is 1. The normalized spacial score (nSPS) is 13.8. The first-order valence-corrected chi connectivity index (χ1v) is 3.15. The van der Waals surface area contributed by atoms with Crippen LogP contribution in [-0.4, -0.2) is 11.1 Å². The van der Waals surface area contributed by atoms with Gasteiger partial charge in [-0.2, -0.15) is 0 Å². The lowest BCUT2D eigenvalue weighted by molar-refractivity contribution is -0.139. The van der Waals surface area contributed by atoms with Gasteiger partial charge in [0, 0.05) is 5.70 Å². The minimum atomic E-state index is -0.920. The van der Waals surface area contributed by atoms with E-state index in [9.17, 15) is 4.79 Å². The summed E-state index contributed by atoms with van der Waals surface area (Å²) in [7, 11) is 0. The zero-order valence-corrected chi connectivity index (χ0v) is 6.37. The van der Waals surface area contributed by atoms with Crippen LogP contribution in [0.2, 0.25) is 0 Å². The van der Waals surface area contributed by atoms with Gasteiger partial charge >= 0.3 is 5.97 Å². The standard InChI is InChI=1S/C7H12N2O2/c1-3-4-6(9-8)5(2)7(10)11/h3-5,9H,1,8H2,2H3,(H,10,11)/b6-4-. The van der Waals surface area contributed by atoms with Gasteiger partial charge in [-0.15, -0.1) is 0 Å². The van der Waals surface area contributed by atoms with Crippen molar-refractivity contribution in [1.29, 1.82) is 0 Å². The van der Waals surface area contributed by atoms with Gasteiger partial charge in [0.25, 0.3) is 0 Å². The van der Waals surface area contributed by atoms with E-state index in [0.29, 0.717) is 5.70 Å². The van der Waals surface area contributed by atoms with Crippen LogP contribution in [0.25, 0.3) is 0 Å². The number of carboxylic acid groups (broad SMARTS) is 1. The van der Waals surface area contributed by atoms with Crippen LogP contribution in [0.1, 0.15) is 6.92 Å². The van der Waals surface area contributed by atoms with Gasteiger partial charge in [-0.25, -0.2) is 0 Å². The molecule has 0 amide bonds. The minimum Gasteiger partial charge on any atom is -0.481 e. The van der Waals surface area contributed by atoms with Crippen molar-refractivity contribution in [2.75, 3.05) is 0 Å². The number of hydrogen-bond acceptors (Lipinski definition) is 3. The number of carboxylic acids is 1. The molecule has 11 heavy (non-hydrogen) atoms. The predicted octanol–water partition coefficient (Wildman–Crippen LogP) is 0.240. The number of hydrazine groups is 1. The lowest BCUT2D eigenvalue weighted by atomic mass is 10.1. The molecule has 0 aromatic carbocycles. The van der Waals surface area contributed by atoms with Gasteiger partial charge in [0.2, 0.25) is 0 Å². The molecular formula is C7H12N2O2. The van der Waals surface area contributed by atoms with E-state index >= 15 is 0 Å². The van der Waals surface area contributed by atoms with Gasteiger partial charge in [0.05, 0.1) is 5.92 Å². The van der Waals surface area contributed by atoms with Crippen molar-refractivity contribution >= 4 is 5.97 Å². The Morgan fingerprint density at radius 1 is 1.82 bits per heavy atom. The van der Waals surface area contributed by atoms with Gasteiger partial charge in [-0.05, 0) is 13.0 Å². The molecule has 0 rings (SSSR count).